The second-order valence-electron chi connectivity index (χ2n) is 16.1. The fourth-order valence-corrected chi connectivity index (χ4v) is 8.38. The lowest BCUT2D eigenvalue weighted by Gasteiger charge is -2.21. The van der Waals surface area contributed by atoms with Gasteiger partial charge in [-0.25, -0.2) is 13.9 Å². The van der Waals surface area contributed by atoms with E-state index in [0.717, 1.165) is 68.6 Å². The molecule has 2 heterocycles. The normalized spacial score (nSPS) is 20.2. The summed E-state index contributed by atoms with van der Waals surface area (Å²) in [6.45, 7) is 4.01. The topological polar surface area (TPSA) is 283 Å². The third-order valence-electron chi connectivity index (χ3n) is 9.82. The Morgan fingerprint density at radius 1 is 0.831 bits per heavy atom. The van der Waals surface area contributed by atoms with Gasteiger partial charge in [0.25, 0.3) is 0 Å². The van der Waals surface area contributed by atoms with Crippen LogP contribution in [-0.4, -0.2) is 91.5 Å². The Bertz CT molecular complexity index is 1850. The average Bonchev–Trinajstić information content (AvgIpc) is 3.52. The maximum Gasteiger partial charge on any atom is 0.481 e. The molecule has 0 bridgehead atoms. The molecule has 2 rings (SSSR count). The predicted molar refractivity (Wildman–Crippen MR) is 243 cm³/mol. The Morgan fingerprint density at radius 2 is 1.49 bits per heavy atom. The third kappa shape index (κ3) is 26.4. The van der Waals surface area contributed by atoms with E-state index in [-0.39, 0.29) is 37.3 Å². The van der Waals surface area contributed by atoms with Crippen LogP contribution in [0.2, 0.25) is 0 Å². The molecule has 0 aliphatic carbocycles. The summed E-state index contributed by atoms with van der Waals surface area (Å²) >= 11 is 0. The summed E-state index contributed by atoms with van der Waals surface area (Å²) in [7, 11) is -10.9. The minimum atomic E-state index is -5.46. The number of rotatable bonds is 35. The molecule has 1 saturated heterocycles. The van der Waals surface area contributed by atoms with Gasteiger partial charge in [-0.3, -0.25) is 28.0 Å². The van der Waals surface area contributed by atoms with Gasteiger partial charge in [0.2, 0.25) is 0 Å². The standard InChI is InChI=1S/C44H71N3O16P2/c1-4-5-6-7-8-9-10-11-12-13-14-18-21-25-35(48)26-23-28-39(49)58-31-36(61-40(50)27-22-19-16-15-17-20-24-34(2)3)32-59-64(54,55)63-65(56,57)60-33-37-41(51)42(52)43(62-37)47-30-29-38(45)46-44(47)53/h8-9,11-12,14,18,21,25,29-30,34,36-37,41-43,51-52H,4-7,10,13,15-17,19-20,22-24,26-28,31-33H2,1-3H3,(H,54,55)(H,56,57)(H2,45,46,53)/b9-8-,12-11-,18-14-,25-21+/t36-,37-,41-,42-,43-/m1/s1. The number of anilines is 1. The first-order valence-electron chi connectivity index (χ1n) is 22.5. The number of esters is 2. The van der Waals surface area contributed by atoms with E-state index in [0.29, 0.717) is 12.3 Å². The van der Waals surface area contributed by atoms with E-state index >= 15 is 0 Å². The van der Waals surface area contributed by atoms with Crippen LogP contribution in [0.4, 0.5) is 5.82 Å². The summed E-state index contributed by atoms with van der Waals surface area (Å²) in [4.78, 5) is 73.8. The number of hydrogen-bond acceptors (Lipinski definition) is 16. The number of hydrogen-bond donors (Lipinski definition) is 5. The van der Waals surface area contributed by atoms with Gasteiger partial charge in [-0.2, -0.15) is 9.29 Å². The zero-order valence-electron chi connectivity index (χ0n) is 37.9. The molecule has 1 aromatic heterocycles. The van der Waals surface area contributed by atoms with Crippen molar-refractivity contribution in [1.29, 1.82) is 0 Å². The SMILES string of the molecule is CCCCC/C=C\C/C=C\C/C=C\C=C\C(=O)CCCC(=O)OC[C@H](COP(=O)(O)OP(=O)(O)OC[C@H]1O[C@@H](n2ccc(N)nc2=O)[C@H](O)[C@@H]1O)OC(=O)CCCCCCCCC(C)C. The molecule has 1 aromatic rings. The van der Waals surface area contributed by atoms with Crippen LogP contribution in [0.1, 0.15) is 136 Å². The lowest BCUT2D eigenvalue weighted by molar-refractivity contribution is -0.161. The van der Waals surface area contributed by atoms with Crippen LogP contribution in [0.5, 0.6) is 0 Å². The maximum atomic E-state index is 12.8. The molecular weight excluding hydrogens is 888 g/mol. The van der Waals surface area contributed by atoms with E-state index in [2.05, 4.69) is 48.3 Å². The highest BCUT2D eigenvalue weighted by molar-refractivity contribution is 7.61. The van der Waals surface area contributed by atoms with E-state index < -0.39 is 83.7 Å². The number of nitrogens with two attached hydrogens (primary N) is 1. The number of aliphatic hydroxyl groups excluding tert-OH is 2. The van der Waals surface area contributed by atoms with Gasteiger partial charge in [-0.1, -0.05) is 115 Å². The van der Waals surface area contributed by atoms with Crippen molar-refractivity contribution in [2.24, 2.45) is 5.92 Å². The summed E-state index contributed by atoms with van der Waals surface area (Å²) in [6, 6.07) is 1.23. The molecule has 19 nitrogen and oxygen atoms in total. The fraction of sp³-hybridized carbons (Fsp3) is 0.659. The minimum absolute atomic E-state index is 0.00407. The molecule has 21 heteroatoms. The van der Waals surface area contributed by atoms with E-state index in [4.69, 9.17) is 29.0 Å². The van der Waals surface area contributed by atoms with Gasteiger partial charge in [0.15, 0.2) is 18.1 Å². The number of carbonyl (C=O) groups is 3. The summed E-state index contributed by atoms with van der Waals surface area (Å²) < 4.78 is 56.2. The lowest BCUT2D eigenvalue weighted by Crippen LogP contribution is -2.36. The number of ether oxygens (including phenoxy) is 3. The van der Waals surface area contributed by atoms with Crippen molar-refractivity contribution in [3.63, 3.8) is 0 Å². The third-order valence-corrected chi connectivity index (χ3v) is 12.4. The van der Waals surface area contributed by atoms with Crippen LogP contribution in [0.15, 0.2) is 65.7 Å². The monoisotopic (exact) mass is 959 g/mol. The molecule has 65 heavy (non-hydrogen) atoms. The second kappa shape index (κ2) is 32.2. The molecule has 7 atom stereocenters. The Labute approximate surface area is 382 Å². The largest absolute Gasteiger partial charge is 0.481 e. The Kier molecular flexibility index (Phi) is 28.5. The molecule has 368 valence electrons. The zero-order valence-corrected chi connectivity index (χ0v) is 39.7. The minimum Gasteiger partial charge on any atom is -0.462 e. The van der Waals surface area contributed by atoms with Crippen molar-refractivity contribution in [2.75, 3.05) is 25.6 Å². The number of unbranched alkanes of at least 4 members (excludes halogenated alkanes) is 8. The number of aliphatic hydroxyl groups is 2. The van der Waals surface area contributed by atoms with Gasteiger partial charge in [-0.05, 0) is 56.6 Å². The van der Waals surface area contributed by atoms with Gasteiger partial charge in [0, 0.05) is 25.5 Å². The molecule has 2 unspecified atom stereocenters. The van der Waals surface area contributed by atoms with Crippen LogP contribution >= 0.6 is 15.6 Å². The fourth-order valence-electron chi connectivity index (χ4n) is 6.27. The Balaban J connectivity index is 1.87. The van der Waals surface area contributed by atoms with E-state index in [9.17, 15) is 48.3 Å². The highest BCUT2D eigenvalue weighted by Crippen LogP contribution is 2.60. The average molecular weight is 960 g/mol. The number of nitrogen functional groups attached to an aromatic ring is 1. The quantitative estimate of drug-likeness (QED) is 0.0112. The van der Waals surface area contributed by atoms with Crippen molar-refractivity contribution < 1.29 is 71.1 Å². The van der Waals surface area contributed by atoms with Crippen LogP contribution in [0.3, 0.4) is 0 Å². The van der Waals surface area contributed by atoms with Crippen LogP contribution in [0.25, 0.3) is 0 Å². The highest BCUT2D eigenvalue weighted by Gasteiger charge is 2.46. The lowest BCUT2D eigenvalue weighted by atomic mass is 10.0. The van der Waals surface area contributed by atoms with E-state index in [1.807, 2.05) is 12.2 Å². The number of ketones is 1. The predicted octanol–water partition coefficient (Wildman–Crippen LogP) is 7.25. The number of carbonyl (C=O) groups excluding carboxylic acids is 3. The molecule has 0 radical (unpaired) electrons. The van der Waals surface area contributed by atoms with E-state index in [1.54, 1.807) is 12.2 Å². The van der Waals surface area contributed by atoms with Crippen molar-refractivity contribution in [3.05, 3.63) is 71.4 Å². The van der Waals surface area contributed by atoms with Gasteiger partial charge < -0.3 is 39.9 Å². The van der Waals surface area contributed by atoms with Crippen molar-refractivity contribution in [3.8, 4) is 0 Å². The summed E-state index contributed by atoms with van der Waals surface area (Å²) in [5, 5.41) is 20.8. The van der Waals surface area contributed by atoms with Gasteiger partial charge in [0.05, 0.1) is 13.2 Å². The summed E-state index contributed by atoms with van der Waals surface area (Å²) in [5.41, 5.74) is 4.55. The first-order valence-corrected chi connectivity index (χ1v) is 25.5. The molecule has 0 amide bonds. The first-order chi connectivity index (χ1) is 30.9. The van der Waals surface area contributed by atoms with Crippen molar-refractivity contribution in [1.82, 2.24) is 9.55 Å². The molecule has 0 saturated carbocycles. The molecule has 1 aliphatic rings. The molecule has 0 aromatic carbocycles. The molecule has 0 spiro atoms. The molecular formula is C44H71N3O16P2. The van der Waals surface area contributed by atoms with Crippen LogP contribution < -0.4 is 11.4 Å². The molecule has 1 fully saturated rings. The number of aromatic nitrogens is 2. The number of phosphoric ester groups is 2. The number of allylic oxidation sites excluding steroid dienone is 8. The number of phosphoric acid groups is 2. The van der Waals surface area contributed by atoms with E-state index in [1.165, 1.54) is 31.4 Å². The van der Waals surface area contributed by atoms with Crippen molar-refractivity contribution >= 4 is 39.2 Å². The Morgan fingerprint density at radius 3 is 2.20 bits per heavy atom. The first kappa shape index (κ1) is 57.5. The Hall–Kier alpha value is -3.61. The van der Waals surface area contributed by atoms with Crippen LogP contribution in [0, 0.1) is 5.92 Å². The second-order valence-corrected chi connectivity index (χ2v) is 19.1. The number of nitrogens with zero attached hydrogens (tertiary/aromatic N) is 2. The van der Waals surface area contributed by atoms with Gasteiger partial charge >= 0.3 is 33.3 Å². The summed E-state index contributed by atoms with van der Waals surface area (Å²) in [6.07, 6.45) is 21.4. The zero-order chi connectivity index (χ0) is 48.1. The molecule has 6 N–H and O–H groups in total. The highest BCUT2D eigenvalue weighted by atomic mass is 31.3. The van der Waals surface area contributed by atoms with Gasteiger partial charge in [-0.15, -0.1) is 0 Å². The maximum absolute atomic E-state index is 12.8. The summed E-state index contributed by atoms with van der Waals surface area (Å²) in [5.74, 6) is -1.14. The van der Waals surface area contributed by atoms with Crippen molar-refractivity contribution in [2.45, 2.75) is 161 Å². The smallest absolute Gasteiger partial charge is 0.462 e. The molecule has 1 aliphatic heterocycles. The van der Waals surface area contributed by atoms with Gasteiger partial charge in [0.1, 0.15) is 30.7 Å². The van der Waals surface area contributed by atoms with Crippen LogP contribution in [-0.2, 0) is 51.1 Å².